The second kappa shape index (κ2) is 6.84. The van der Waals surface area contributed by atoms with E-state index < -0.39 is 10.0 Å². The van der Waals surface area contributed by atoms with Gasteiger partial charge in [0, 0.05) is 19.0 Å². The third-order valence-corrected chi connectivity index (χ3v) is 6.58. The molecule has 1 aromatic carbocycles. The molecule has 0 radical (unpaired) electrons. The third kappa shape index (κ3) is 3.81. The maximum atomic E-state index is 12.5. The molecule has 1 amide bonds. The SMILES string of the molecule is C[C@@H](NC(=O)C1CCN(S(C)(=O)=O)CC1)c1ccc2c(c1)CCC2. The highest BCUT2D eigenvalue weighted by Gasteiger charge is 2.29. The number of nitrogens with zero attached hydrogens (tertiary/aromatic N) is 1. The maximum absolute atomic E-state index is 12.5. The lowest BCUT2D eigenvalue weighted by Gasteiger charge is -2.30. The number of sulfonamides is 1. The van der Waals surface area contributed by atoms with Crippen LogP contribution in [0.3, 0.4) is 0 Å². The van der Waals surface area contributed by atoms with Gasteiger partial charge in [0.15, 0.2) is 0 Å². The number of nitrogens with one attached hydrogen (secondary N) is 1. The second-order valence-electron chi connectivity index (χ2n) is 7.05. The number of aryl methyl sites for hydroxylation is 2. The van der Waals surface area contributed by atoms with Gasteiger partial charge in [0.25, 0.3) is 0 Å². The van der Waals surface area contributed by atoms with Crippen molar-refractivity contribution in [2.45, 2.75) is 45.1 Å². The van der Waals surface area contributed by atoms with Gasteiger partial charge in [-0.15, -0.1) is 0 Å². The maximum Gasteiger partial charge on any atom is 0.223 e. The smallest absolute Gasteiger partial charge is 0.223 e. The van der Waals surface area contributed by atoms with Gasteiger partial charge in [-0.2, -0.15) is 0 Å². The molecule has 132 valence electrons. The van der Waals surface area contributed by atoms with Crippen LogP contribution in [0.25, 0.3) is 0 Å². The van der Waals surface area contributed by atoms with Crippen LogP contribution in [0.15, 0.2) is 18.2 Å². The van der Waals surface area contributed by atoms with Gasteiger partial charge in [-0.25, -0.2) is 12.7 Å². The van der Waals surface area contributed by atoms with E-state index in [0.29, 0.717) is 25.9 Å². The number of hydrogen-bond acceptors (Lipinski definition) is 3. The average Bonchev–Trinajstić information content (AvgIpc) is 3.01. The molecule has 0 saturated carbocycles. The molecule has 0 unspecified atom stereocenters. The summed E-state index contributed by atoms with van der Waals surface area (Å²) in [6, 6.07) is 6.50. The highest BCUT2D eigenvalue weighted by Crippen LogP contribution is 2.26. The Morgan fingerprint density at radius 3 is 2.54 bits per heavy atom. The predicted octanol–water partition coefficient (Wildman–Crippen LogP) is 2.02. The lowest BCUT2D eigenvalue weighted by Crippen LogP contribution is -2.43. The van der Waals surface area contributed by atoms with Gasteiger partial charge in [0.05, 0.1) is 12.3 Å². The topological polar surface area (TPSA) is 66.5 Å². The van der Waals surface area contributed by atoms with Gasteiger partial charge in [-0.05, 0) is 55.7 Å². The molecule has 24 heavy (non-hydrogen) atoms. The van der Waals surface area contributed by atoms with Crippen LogP contribution < -0.4 is 5.32 Å². The van der Waals surface area contributed by atoms with E-state index in [2.05, 4.69) is 23.5 Å². The fourth-order valence-electron chi connectivity index (χ4n) is 3.73. The normalized spacial score (nSPS) is 20.6. The number of benzene rings is 1. The van der Waals surface area contributed by atoms with Crippen LogP contribution in [-0.4, -0.2) is 38.0 Å². The highest BCUT2D eigenvalue weighted by molar-refractivity contribution is 7.88. The molecule has 5 nitrogen and oxygen atoms in total. The molecule has 0 spiro atoms. The Kier molecular flexibility index (Phi) is 4.97. The van der Waals surface area contributed by atoms with Crippen LogP contribution in [0, 0.1) is 5.92 Å². The minimum absolute atomic E-state index is 0.0173. The summed E-state index contributed by atoms with van der Waals surface area (Å²) in [6.45, 7) is 2.88. The molecule has 1 heterocycles. The summed E-state index contributed by atoms with van der Waals surface area (Å²) in [6.07, 6.45) is 5.93. The zero-order valence-electron chi connectivity index (χ0n) is 14.4. The van der Waals surface area contributed by atoms with Crippen molar-refractivity contribution >= 4 is 15.9 Å². The first-order chi connectivity index (χ1) is 11.3. The summed E-state index contributed by atoms with van der Waals surface area (Å²) in [5.74, 6) is -0.0592. The van der Waals surface area contributed by atoms with E-state index in [4.69, 9.17) is 0 Å². The van der Waals surface area contributed by atoms with Crippen molar-refractivity contribution in [1.82, 2.24) is 9.62 Å². The van der Waals surface area contributed by atoms with Crippen molar-refractivity contribution in [3.8, 4) is 0 Å². The Morgan fingerprint density at radius 2 is 1.88 bits per heavy atom. The summed E-state index contributed by atoms with van der Waals surface area (Å²) >= 11 is 0. The van der Waals surface area contributed by atoms with Crippen LogP contribution in [0.5, 0.6) is 0 Å². The monoisotopic (exact) mass is 350 g/mol. The first-order valence-corrected chi connectivity index (χ1v) is 10.6. The van der Waals surface area contributed by atoms with Crippen LogP contribution in [-0.2, 0) is 27.7 Å². The van der Waals surface area contributed by atoms with Crippen molar-refractivity contribution in [2.24, 2.45) is 5.92 Å². The minimum Gasteiger partial charge on any atom is -0.349 e. The zero-order chi connectivity index (χ0) is 17.3. The molecule has 1 atom stereocenters. The molecule has 0 bridgehead atoms. The van der Waals surface area contributed by atoms with Gasteiger partial charge in [-0.3, -0.25) is 4.79 Å². The third-order valence-electron chi connectivity index (χ3n) is 5.28. The fourth-order valence-corrected chi connectivity index (χ4v) is 4.60. The van der Waals surface area contributed by atoms with Crippen molar-refractivity contribution in [1.29, 1.82) is 0 Å². The van der Waals surface area contributed by atoms with Crippen LogP contribution in [0.2, 0.25) is 0 Å². The van der Waals surface area contributed by atoms with E-state index in [-0.39, 0.29) is 17.9 Å². The fraction of sp³-hybridized carbons (Fsp3) is 0.611. The summed E-state index contributed by atoms with van der Waals surface area (Å²) in [5, 5.41) is 3.10. The van der Waals surface area contributed by atoms with Crippen molar-refractivity contribution in [2.75, 3.05) is 19.3 Å². The molecule has 1 fully saturated rings. The zero-order valence-corrected chi connectivity index (χ0v) is 15.2. The molecule has 1 N–H and O–H groups in total. The average molecular weight is 350 g/mol. The van der Waals surface area contributed by atoms with Gasteiger partial charge < -0.3 is 5.32 Å². The number of hydrogen-bond donors (Lipinski definition) is 1. The number of rotatable bonds is 4. The number of carbonyl (C=O) groups is 1. The van der Waals surface area contributed by atoms with Gasteiger partial charge in [-0.1, -0.05) is 18.2 Å². The molecule has 1 aliphatic heterocycles. The number of amides is 1. The highest BCUT2D eigenvalue weighted by atomic mass is 32.2. The number of fused-ring (bicyclic) bond motifs is 1. The molecule has 1 aliphatic carbocycles. The predicted molar refractivity (Wildman–Crippen MR) is 94.2 cm³/mol. The molecular weight excluding hydrogens is 324 g/mol. The second-order valence-corrected chi connectivity index (χ2v) is 9.03. The molecule has 6 heteroatoms. The first-order valence-electron chi connectivity index (χ1n) is 8.72. The van der Waals surface area contributed by atoms with E-state index >= 15 is 0 Å². The van der Waals surface area contributed by atoms with E-state index in [1.54, 1.807) is 0 Å². The Bertz CT molecular complexity index is 722. The molecule has 3 rings (SSSR count). The van der Waals surface area contributed by atoms with Crippen molar-refractivity contribution in [3.05, 3.63) is 34.9 Å². The standard InChI is InChI=1S/C18H26N2O3S/c1-13(16-7-6-14-4-3-5-17(14)12-16)19-18(21)15-8-10-20(11-9-15)24(2,22)23/h6-7,12-13,15H,3-5,8-11H2,1-2H3,(H,19,21)/t13-/m1/s1. The summed E-state index contributed by atoms with van der Waals surface area (Å²) < 4.78 is 24.5. The van der Waals surface area contributed by atoms with E-state index in [1.165, 1.54) is 28.1 Å². The van der Waals surface area contributed by atoms with Crippen LogP contribution in [0.1, 0.15) is 48.9 Å². The Morgan fingerprint density at radius 1 is 1.21 bits per heavy atom. The quantitative estimate of drug-likeness (QED) is 0.903. The van der Waals surface area contributed by atoms with E-state index in [0.717, 1.165) is 18.4 Å². The van der Waals surface area contributed by atoms with E-state index in [9.17, 15) is 13.2 Å². The largest absolute Gasteiger partial charge is 0.349 e. The molecule has 1 saturated heterocycles. The Labute approximate surface area is 144 Å². The Balaban J connectivity index is 1.57. The first kappa shape index (κ1) is 17.4. The minimum atomic E-state index is -3.15. The summed E-state index contributed by atoms with van der Waals surface area (Å²) in [5.41, 5.74) is 4.00. The number of carbonyl (C=O) groups excluding carboxylic acids is 1. The molecule has 1 aromatic rings. The number of piperidine rings is 1. The molecule has 0 aromatic heterocycles. The molecular formula is C18H26N2O3S. The van der Waals surface area contributed by atoms with E-state index in [1.807, 2.05) is 6.92 Å². The lowest BCUT2D eigenvalue weighted by molar-refractivity contribution is -0.126. The van der Waals surface area contributed by atoms with Crippen molar-refractivity contribution in [3.63, 3.8) is 0 Å². The van der Waals surface area contributed by atoms with Gasteiger partial charge >= 0.3 is 0 Å². The van der Waals surface area contributed by atoms with Crippen LogP contribution in [0.4, 0.5) is 0 Å². The lowest BCUT2D eigenvalue weighted by atomic mass is 9.96. The van der Waals surface area contributed by atoms with Gasteiger partial charge in [0.2, 0.25) is 15.9 Å². The van der Waals surface area contributed by atoms with Gasteiger partial charge in [0.1, 0.15) is 0 Å². The Hall–Kier alpha value is -1.40. The van der Waals surface area contributed by atoms with Crippen molar-refractivity contribution < 1.29 is 13.2 Å². The molecule has 2 aliphatic rings. The summed E-state index contributed by atoms with van der Waals surface area (Å²) in [4.78, 5) is 12.5. The van der Waals surface area contributed by atoms with Crippen LogP contribution >= 0.6 is 0 Å². The summed E-state index contributed by atoms with van der Waals surface area (Å²) in [7, 11) is -3.15.